The van der Waals surface area contributed by atoms with Crippen LogP contribution in [0.5, 0.6) is 0 Å². The molecular formula is C28H32N4O2S. The Morgan fingerprint density at radius 3 is 1.80 bits per heavy atom. The Labute approximate surface area is 210 Å². The third-order valence-electron chi connectivity index (χ3n) is 7.64. The summed E-state index contributed by atoms with van der Waals surface area (Å²) in [6.45, 7) is 7.94. The zero-order chi connectivity index (χ0) is 23.8. The fourth-order valence-electron chi connectivity index (χ4n) is 5.84. The maximum absolute atomic E-state index is 13.9. The summed E-state index contributed by atoms with van der Waals surface area (Å²) in [6, 6.07) is 9.33. The smallest absolute Gasteiger partial charge is 0.196 e. The molecule has 0 unspecified atom stereocenters. The van der Waals surface area contributed by atoms with E-state index in [1.54, 1.807) is 23.5 Å². The Kier molecular flexibility index (Phi) is 6.31. The lowest BCUT2D eigenvalue weighted by Crippen LogP contribution is -2.29. The van der Waals surface area contributed by atoms with Crippen molar-refractivity contribution in [2.45, 2.75) is 25.7 Å². The molecule has 0 saturated carbocycles. The van der Waals surface area contributed by atoms with Crippen LogP contribution in [0, 0.1) is 0 Å². The molecule has 6 nitrogen and oxygen atoms in total. The standard InChI is InChI=1S/C28H32N4O2S/c33-26-19-7-1-2-8-20(19)27(34)23-22(26)24(29-10-16-31-12-3-4-13-31)21-9-18-35-28(21)25(23)30-11-17-32-14-5-6-15-32/h1-2,7-9,18,29-30H,3-6,10-17H2. The first kappa shape index (κ1) is 22.7. The number of hydrogen-bond donors (Lipinski definition) is 2. The molecule has 2 aliphatic heterocycles. The molecule has 3 aliphatic rings. The Hall–Kier alpha value is -2.74. The highest BCUT2D eigenvalue weighted by atomic mass is 32.1. The van der Waals surface area contributed by atoms with Gasteiger partial charge in [0.25, 0.3) is 0 Å². The minimum atomic E-state index is -0.0606. The van der Waals surface area contributed by atoms with Crippen LogP contribution in [0.15, 0.2) is 35.7 Å². The molecule has 1 aromatic heterocycles. The van der Waals surface area contributed by atoms with Crippen molar-refractivity contribution in [2.24, 2.45) is 0 Å². The van der Waals surface area contributed by atoms with Crippen LogP contribution in [0.25, 0.3) is 10.1 Å². The van der Waals surface area contributed by atoms with E-state index in [2.05, 4.69) is 31.9 Å². The Morgan fingerprint density at radius 1 is 0.714 bits per heavy atom. The van der Waals surface area contributed by atoms with Crippen molar-refractivity contribution in [3.63, 3.8) is 0 Å². The van der Waals surface area contributed by atoms with E-state index in [0.717, 1.165) is 73.8 Å². The lowest BCUT2D eigenvalue weighted by atomic mass is 9.81. The molecule has 6 rings (SSSR count). The summed E-state index contributed by atoms with van der Waals surface area (Å²) in [5.74, 6) is -0.119. The van der Waals surface area contributed by atoms with Gasteiger partial charge < -0.3 is 20.4 Å². The van der Waals surface area contributed by atoms with Crippen LogP contribution in [-0.2, 0) is 0 Å². The van der Waals surface area contributed by atoms with Gasteiger partial charge in [0.2, 0.25) is 0 Å². The van der Waals surface area contributed by atoms with Gasteiger partial charge in [-0.1, -0.05) is 24.3 Å². The van der Waals surface area contributed by atoms with E-state index in [1.165, 1.54) is 25.7 Å². The minimum Gasteiger partial charge on any atom is -0.383 e. The number of nitrogens with zero attached hydrogens (tertiary/aromatic N) is 2. The number of fused-ring (bicyclic) bond motifs is 3. The molecule has 182 valence electrons. The number of anilines is 2. The number of benzene rings is 2. The van der Waals surface area contributed by atoms with Crippen LogP contribution >= 0.6 is 11.3 Å². The number of likely N-dealkylation sites (tertiary alicyclic amines) is 2. The van der Waals surface area contributed by atoms with Gasteiger partial charge in [0.05, 0.1) is 27.2 Å². The molecule has 0 spiro atoms. The molecule has 2 N–H and O–H groups in total. The van der Waals surface area contributed by atoms with Crippen molar-refractivity contribution >= 4 is 44.4 Å². The van der Waals surface area contributed by atoms with Crippen molar-refractivity contribution in [1.29, 1.82) is 0 Å². The van der Waals surface area contributed by atoms with Crippen LogP contribution in [0.4, 0.5) is 11.4 Å². The maximum Gasteiger partial charge on any atom is 0.196 e. The van der Waals surface area contributed by atoms with E-state index in [9.17, 15) is 9.59 Å². The molecular weight excluding hydrogens is 456 g/mol. The molecule has 3 heterocycles. The fraction of sp³-hybridized carbons (Fsp3) is 0.429. The van der Waals surface area contributed by atoms with Gasteiger partial charge in [0, 0.05) is 42.7 Å². The topological polar surface area (TPSA) is 64.7 Å². The first-order valence-corrected chi connectivity index (χ1v) is 13.8. The zero-order valence-electron chi connectivity index (χ0n) is 20.1. The number of carbonyl (C=O) groups excluding carboxylic acids is 2. The monoisotopic (exact) mass is 488 g/mol. The molecule has 0 atom stereocenters. The van der Waals surface area contributed by atoms with Gasteiger partial charge in [-0.2, -0.15) is 0 Å². The second kappa shape index (κ2) is 9.72. The van der Waals surface area contributed by atoms with Gasteiger partial charge >= 0.3 is 0 Å². The molecule has 0 amide bonds. The van der Waals surface area contributed by atoms with Crippen molar-refractivity contribution in [2.75, 3.05) is 63.0 Å². The number of hydrogen-bond acceptors (Lipinski definition) is 7. The molecule has 2 saturated heterocycles. The number of carbonyl (C=O) groups is 2. The van der Waals surface area contributed by atoms with E-state index in [0.29, 0.717) is 22.3 Å². The highest BCUT2D eigenvalue weighted by molar-refractivity contribution is 7.18. The van der Waals surface area contributed by atoms with Crippen molar-refractivity contribution < 1.29 is 9.59 Å². The second-order valence-corrected chi connectivity index (χ2v) is 10.7. The third kappa shape index (κ3) is 4.15. The summed E-state index contributed by atoms with van der Waals surface area (Å²) in [7, 11) is 0. The molecule has 1 aliphatic carbocycles. The van der Waals surface area contributed by atoms with Crippen molar-refractivity contribution in [3.05, 3.63) is 58.0 Å². The lowest BCUT2D eigenvalue weighted by Gasteiger charge is -2.26. The summed E-state index contributed by atoms with van der Waals surface area (Å²) < 4.78 is 1.05. The Bertz CT molecular complexity index is 1180. The van der Waals surface area contributed by atoms with Crippen molar-refractivity contribution in [3.8, 4) is 0 Å². The SMILES string of the molecule is O=C1c2ccccc2C(=O)c2c1c(NCCN1CCCC1)c1ccsc1c2NCCN1CCCC1. The molecule has 35 heavy (non-hydrogen) atoms. The van der Waals surface area contributed by atoms with Crippen molar-refractivity contribution in [1.82, 2.24) is 9.80 Å². The van der Waals surface area contributed by atoms with E-state index in [-0.39, 0.29) is 11.6 Å². The molecule has 2 aromatic carbocycles. The summed E-state index contributed by atoms with van der Waals surface area (Å²) in [5, 5.41) is 10.3. The van der Waals surface area contributed by atoms with Gasteiger partial charge in [-0.3, -0.25) is 9.59 Å². The van der Waals surface area contributed by atoms with Gasteiger partial charge in [-0.05, 0) is 63.3 Å². The van der Waals surface area contributed by atoms with Crippen LogP contribution in [-0.4, -0.2) is 73.7 Å². The third-order valence-corrected chi connectivity index (χ3v) is 8.57. The van der Waals surface area contributed by atoms with Gasteiger partial charge in [-0.15, -0.1) is 11.3 Å². The summed E-state index contributed by atoms with van der Waals surface area (Å²) >= 11 is 1.64. The second-order valence-electron chi connectivity index (χ2n) is 9.82. The Balaban J connectivity index is 1.40. The Morgan fingerprint density at radius 2 is 1.23 bits per heavy atom. The largest absolute Gasteiger partial charge is 0.383 e. The summed E-state index contributed by atoms with van der Waals surface area (Å²) in [5.41, 5.74) is 3.71. The normalized spacial score (nSPS) is 18.3. The number of rotatable bonds is 8. The molecule has 2 fully saturated rings. The summed E-state index contributed by atoms with van der Waals surface area (Å²) in [4.78, 5) is 32.6. The number of ketones is 2. The highest BCUT2D eigenvalue weighted by Crippen LogP contribution is 2.45. The van der Waals surface area contributed by atoms with Crippen LogP contribution in [0.2, 0.25) is 0 Å². The quantitative estimate of drug-likeness (QED) is 0.351. The van der Waals surface area contributed by atoms with Crippen LogP contribution in [0.3, 0.4) is 0 Å². The average molecular weight is 489 g/mol. The first-order chi connectivity index (χ1) is 17.2. The van der Waals surface area contributed by atoms with E-state index >= 15 is 0 Å². The number of nitrogens with one attached hydrogen (secondary N) is 2. The van der Waals surface area contributed by atoms with Crippen LogP contribution < -0.4 is 10.6 Å². The predicted octanol–water partition coefficient (Wildman–Crippen LogP) is 4.69. The van der Waals surface area contributed by atoms with Gasteiger partial charge in [-0.25, -0.2) is 0 Å². The van der Waals surface area contributed by atoms with Gasteiger partial charge in [0.15, 0.2) is 11.6 Å². The van der Waals surface area contributed by atoms with Gasteiger partial charge in [0.1, 0.15) is 0 Å². The van der Waals surface area contributed by atoms with Crippen LogP contribution in [0.1, 0.15) is 57.5 Å². The van der Waals surface area contributed by atoms with E-state index < -0.39 is 0 Å². The minimum absolute atomic E-state index is 0.0586. The highest BCUT2D eigenvalue weighted by Gasteiger charge is 2.36. The molecule has 7 heteroatoms. The van der Waals surface area contributed by atoms with E-state index in [4.69, 9.17) is 0 Å². The number of thiophene rings is 1. The van der Waals surface area contributed by atoms with E-state index in [1.807, 2.05) is 12.1 Å². The predicted molar refractivity (Wildman–Crippen MR) is 143 cm³/mol. The molecule has 0 radical (unpaired) electrons. The lowest BCUT2D eigenvalue weighted by molar-refractivity contribution is 0.0980. The summed E-state index contributed by atoms with van der Waals surface area (Å²) in [6.07, 6.45) is 5.02. The maximum atomic E-state index is 13.9. The zero-order valence-corrected chi connectivity index (χ0v) is 20.9. The molecule has 3 aromatic rings. The first-order valence-electron chi connectivity index (χ1n) is 12.9. The molecule has 0 bridgehead atoms. The average Bonchev–Trinajstić information content (AvgIpc) is 3.66. The fourth-order valence-corrected chi connectivity index (χ4v) is 6.77.